The standard InChI is InChI=1S/C14H20BrN3O/c1-9-4-5-11(6-12(9)15)18-8-10(2)17(3)13(7-16)14(18)19/h4-6,10,13H,7-8,16H2,1-3H3. The maximum Gasteiger partial charge on any atom is 0.245 e. The Morgan fingerprint density at radius 2 is 2.16 bits per heavy atom. The number of rotatable bonds is 2. The molecule has 5 heteroatoms. The summed E-state index contributed by atoms with van der Waals surface area (Å²) in [5.41, 5.74) is 7.83. The third kappa shape index (κ3) is 2.68. The summed E-state index contributed by atoms with van der Waals surface area (Å²) in [6, 6.07) is 6.07. The van der Waals surface area contributed by atoms with Crippen LogP contribution in [0.15, 0.2) is 22.7 Å². The van der Waals surface area contributed by atoms with Crippen LogP contribution < -0.4 is 10.6 Å². The lowest BCUT2D eigenvalue weighted by Gasteiger charge is -2.42. The summed E-state index contributed by atoms with van der Waals surface area (Å²) in [7, 11) is 1.96. The topological polar surface area (TPSA) is 49.6 Å². The molecule has 0 saturated carbocycles. The quantitative estimate of drug-likeness (QED) is 0.901. The van der Waals surface area contributed by atoms with Gasteiger partial charge >= 0.3 is 0 Å². The van der Waals surface area contributed by atoms with E-state index >= 15 is 0 Å². The van der Waals surface area contributed by atoms with Gasteiger partial charge in [0.05, 0.1) is 0 Å². The molecule has 1 aromatic carbocycles. The molecule has 0 radical (unpaired) electrons. The van der Waals surface area contributed by atoms with Crippen LogP contribution in [0.2, 0.25) is 0 Å². The van der Waals surface area contributed by atoms with E-state index in [1.165, 1.54) is 0 Å². The summed E-state index contributed by atoms with van der Waals surface area (Å²) >= 11 is 3.52. The number of carbonyl (C=O) groups excluding carboxylic acids is 1. The first-order chi connectivity index (χ1) is 8.95. The second-order valence-electron chi connectivity index (χ2n) is 5.15. The van der Waals surface area contributed by atoms with Gasteiger partial charge < -0.3 is 10.6 Å². The number of likely N-dealkylation sites (N-methyl/N-ethyl adjacent to an activating group) is 1. The molecule has 2 unspecified atom stereocenters. The molecule has 19 heavy (non-hydrogen) atoms. The molecule has 0 aliphatic carbocycles. The molecule has 2 rings (SSSR count). The summed E-state index contributed by atoms with van der Waals surface area (Å²) in [6.45, 7) is 5.20. The number of benzene rings is 1. The minimum Gasteiger partial charge on any atom is -0.328 e. The lowest BCUT2D eigenvalue weighted by atomic mass is 10.1. The van der Waals surface area contributed by atoms with Gasteiger partial charge in [0, 0.05) is 29.3 Å². The van der Waals surface area contributed by atoms with E-state index < -0.39 is 0 Å². The SMILES string of the molecule is Cc1ccc(N2CC(C)N(C)C(CN)C2=O)cc1Br. The van der Waals surface area contributed by atoms with E-state index in [0.29, 0.717) is 19.1 Å². The minimum atomic E-state index is -0.233. The van der Waals surface area contributed by atoms with Gasteiger partial charge in [0.2, 0.25) is 5.91 Å². The van der Waals surface area contributed by atoms with Crippen molar-refractivity contribution in [3.63, 3.8) is 0 Å². The van der Waals surface area contributed by atoms with Gasteiger partial charge in [-0.1, -0.05) is 22.0 Å². The summed E-state index contributed by atoms with van der Waals surface area (Å²) in [5, 5.41) is 0. The van der Waals surface area contributed by atoms with Crippen molar-refractivity contribution in [3.05, 3.63) is 28.2 Å². The number of hydrogen-bond acceptors (Lipinski definition) is 3. The van der Waals surface area contributed by atoms with Gasteiger partial charge in [-0.2, -0.15) is 0 Å². The fourth-order valence-corrected chi connectivity index (χ4v) is 2.76. The van der Waals surface area contributed by atoms with Crippen molar-refractivity contribution in [1.82, 2.24) is 4.90 Å². The molecule has 1 aromatic rings. The smallest absolute Gasteiger partial charge is 0.245 e. The summed E-state index contributed by atoms with van der Waals surface area (Å²) in [5.74, 6) is 0.0823. The van der Waals surface area contributed by atoms with E-state index in [4.69, 9.17) is 5.73 Å². The number of aryl methyl sites for hydroxylation is 1. The first-order valence-corrected chi connectivity index (χ1v) is 7.24. The number of nitrogens with zero attached hydrogens (tertiary/aromatic N) is 2. The molecule has 2 atom stereocenters. The van der Waals surface area contributed by atoms with Crippen LogP contribution in [0.1, 0.15) is 12.5 Å². The minimum absolute atomic E-state index is 0.0823. The molecule has 2 N–H and O–H groups in total. The molecular formula is C14H20BrN3O. The monoisotopic (exact) mass is 325 g/mol. The van der Waals surface area contributed by atoms with Gasteiger partial charge in [-0.15, -0.1) is 0 Å². The zero-order valence-electron chi connectivity index (χ0n) is 11.6. The fraction of sp³-hybridized carbons (Fsp3) is 0.500. The Hall–Kier alpha value is -0.910. The van der Waals surface area contributed by atoms with E-state index in [-0.39, 0.29) is 11.9 Å². The Balaban J connectivity index is 2.33. The highest BCUT2D eigenvalue weighted by Crippen LogP contribution is 2.27. The van der Waals surface area contributed by atoms with Crippen molar-refractivity contribution in [2.45, 2.75) is 25.9 Å². The van der Waals surface area contributed by atoms with Gasteiger partial charge in [0.25, 0.3) is 0 Å². The largest absolute Gasteiger partial charge is 0.328 e. The van der Waals surface area contributed by atoms with Crippen molar-refractivity contribution in [2.75, 3.05) is 25.0 Å². The number of halogens is 1. The van der Waals surface area contributed by atoms with Gasteiger partial charge in [-0.3, -0.25) is 9.69 Å². The average molecular weight is 326 g/mol. The number of hydrogen-bond donors (Lipinski definition) is 1. The zero-order chi connectivity index (χ0) is 14.2. The Kier molecular flexibility index (Phi) is 4.28. The van der Waals surface area contributed by atoms with Crippen LogP contribution in [0, 0.1) is 6.92 Å². The molecule has 1 fully saturated rings. The van der Waals surface area contributed by atoms with Crippen LogP contribution in [0.5, 0.6) is 0 Å². The number of anilines is 1. The summed E-state index contributed by atoms with van der Waals surface area (Å²) in [6.07, 6.45) is 0. The van der Waals surface area contributed by atoms with Crippen LogP contribution >= 0.6 is 15.9 Å². The van der Waals surface area contributed by atoms with Crippen molar-refractivity contribution in [3.8, 4) is 0 Å². The van der Waals surface area contributed by atoms with E-state index in [1.807, 2.05) is 37.1 Å². The third-order valence-corrected chi connectivity index (χ3v) is 4.73. The van der Waals surface area contributed by atoms with Gasteiger partial charge in [-0.05, 0) is 38.6 Å². The Morgan fingerprint density at radius 1 is 1.47 bits per heavy atom. The normalized spacial score (nSPS) is 24.9. The predicted molar refractivity (Wildman–Crippen MR) is 81.3 cm³/mol. The first-order valence-electron chi connectivity index (χ1n) is 6.45. The molecule has 4 nitrogen and oxygen atoms in total. The molecule has 1 heterocycles. The van der Waals surface area contributed by atoms with Crippen LogP contribution in [0.4, 0.5) is 5.69 Å². The second kappa shape index (κ2) is 5.61. The van der Waals surface area contributed by atoms with Crippen LogP contribution in [0.25, 0.3) is 0 Å². The first kappa shape index (κ1) is 14.5. The van der Waals surface area contributed by atoms with Crippen LogP contribution in [-0.2, 0) is 4.79 Å². The molecule has 104 valence electrons. The van der Waals surface area contributed by atoms with Gasteiger partial charge in [0.15, 0.2) is 0 Å². The average Bonchev–Trinajstić information content (AvgIpc) is 2.38. The molecule has 1 saturated heterocycles. The number of piperazine rings is 1. The highest BCUT2D eigenvalue weighted by atomic mass is 79.9. The van der Waals surface area contributed by atoms with Crippen LogP contribution in [0.3, 0.4) is 0 Å². The van der Waals surface area contributed by atoms with Crippen molar-refractivity contribution >= 4 is 27.5 Å². The highest BCUT2D eigenvalue weighted by molar-refractivity contribution is 9.10. The maximum absolute atomic E-state index is 12.5. The molecule has 1 aliphatic rings. The van der Waals surface area contributed by atoms with E-state index in [9.17, 15) is 4.79 Å². The zero-order valence-corrected chi connectivity index (χ0v) is 13.1. The van der Waals surface area contributed by atoms with Crippen LogP contribution in [-0.4, -0.2) is 43.0 Å². The summed E-state index contributed by atoms with van der Waals surface area (Å²) in [4.78, 5) is 16.4. The van der Waals surface area contributed by atoms with Gasteiger partial charge in [-0.25, -0.2) is 0 Å². The molecule has 0 aromatic heterocycles. The van der Waals surface area contributed by atoms with Gasteiger partial charge in [0.1, 0.15) is 6.04 Å². The Morgan fingerprint density at radius 3 is 2.74 bits per heavy atom. The Bertz CT molecular complexity index is 492. The second-order valence-corrected chi connectivity index (χ2v) is 6.00. The number of amides is 1. The number of nitrogens with two attached hydrogens (primary N) is 1. The number of carbonyl (C=O) groups is 1. The van der Waals surface area contributed by atoms with Crippen molar-refractivity contribution in [2.24, 2.45) is 5.73 Å². The lowest BCUT2D eigenvalue weighted by Crippen LogP contribution is -2.62. The maximum atomic E-state index is 12.5. The van der Waals surface area contributed by atoms with E-state index in [2.05, 4.69) is 27.8 Å². The fourth-order valence-electron chi connectivity index (χ4n) is 2.39. The molecule has 0 bridgehead atoms. The lowest BCUT2D eigenvalue weighted by molar-refractivity contribution is -0.126. The Labute approximate surface area is 122 Å². The molecule has 1 aliphatic heterocycles. The highest BCUT2D eigenvalue weighted by Gasteiger charge is 2.36. The predicted octanol–water partition coefficient (Wildman–Crippen LogP) is 1.75. The third-order valence-electron chi connectivity index (χ3n) is 3.88. The van der Waals surface area contributed by atoms with Crippen molar-refractivity contribution < 1.29 is 4.79 Å². The molecular weight excluding hydrogens is 306 g/mol. The summed E-state index contributed by atoms with van der Waals surface area (Å²) < 4.78 is 1.02. The molecule has 1 amide bonds. The van der Waals surface area contributed by atoms with E-state index in [0.717, 1.165) is 15.7 Å². The van der Waals surface area contributed by atoms with Crippen molar-refractivity contribution in [1.29, 1.82) is 0 Å². The molecule has 0 spiro atoms. The van der Waals surface area contributed by atoms with E-state index in [1.54, 1.807) is 0 Å².